The summed E-state index contributed by atoms with van der Waals surface area (Å²) in [5.41, 5.74) is -0.507. The number of sulfone groups is 1. The molecule has 0 aliphatic carbocycles. The van der Waals surface area contributed by atoms with Gasteiger partial charge in [-0.2, -0.15) is 0 Å². The fraction of sp³-hybridized carbons (Fsp3) is 0.545. The van der Waals surface area contributed by atoms with E-state index in [1.807, 2.05) is 0 Å². The first-order chi connectivity index (χ1) is 8.16. The number of rotatable bonds is 4. The highest BCUT2D eigenvalue weighted by molar-refractivity contribution is 7.89. The maximum absolute atomic E-state index is 11.6. The second kappa shape index (κ2) is 5.01. The molecule has 0 fully saturated rings. The number of nitrogens with zero attached hydrogens (tertiary/aromatic N) is 2. The van der Waals surface area contributed by atoms with E-state index in [9.17, 15) is 13.2 Å². The Hall–Kier alpha value is -1.50. The average Bonchev–Trinajstić information content (AvgIpc) is 2.26. The van der Waals surface area contributed by atoms with E-state index < -0.39 is 21.2 Å². The standard InChI is InChI=1S/C11H16N2O4S/c1-11(2,10(14)17-3)8-5-6-12-9(13-8)7-18(4,15)16/h5-6H,7H2,1-4H3. The van der Waals surface area contributed by atoms with Crippen molar-refractivity contribution in [2.24, 2.45) is 0 Å². The Morgan fingerprint density at radius 1 is 1.44 bits per heavy atom. The number of carbonyl (C=O) groups excluding carboxylic acids is 1. The third-order valence-electron chi connectivity index (χ3n) is 2.43. The molecule has 100 valence electrons. The quantitative estimate of drug-likeness (QED) is 0.741. The Balaban J connectivity index is 3.13. The molecule has 0 atom stereocenters. The van der Waals surface area contributed by atoms with Gasteiger partial charge in [-0.1, -0.05) is 0 Å². The minimum absolute atomic E-state index is 0.173. The van der Waals surface area contributed by atoms with Gasteiger partial charge < -0.3 is 4.74 Å². The normalized spacial score (nSPS) is 12.2. The first kappa shape index (κ1) is 14.6. The molecule has 0 amide bonds. The molecule has 0 saturated carbocycles. The highest BCUT2D eigenvalue weighted by atomic mass is 32.2. The summed E-state index contributed by atoms with van der Waals surface area (Å²) in [4.78, 5) is 19.6. The van der Waals surface area contributed by atoms with E-state index in [0.29, 0.717) is 5.69 Å². The van der Waals surface area contributed by atoms with Crippen LogP contribution < -0.4 is 0 Å². The van der Waals surface area contributed by atoms with Crippen LogP contribution in [0.4, 0.5) is 0 Å². The molecule has 18 heavy (non-hydrogen) atoms. The van der Waals surface area contributed by atoms with E-state index >= 15 is 0 Å². The molecule has 0 radical (unpaired) electrons. The molecule has 1 rings (SSSR count). The van der Waals surface area contributed by atoms with Gasteiger partial charge in [-0.25, -0.2) is 18.4 Å². The largest absolute Gasteiger partial charge is 0.468 e. The summed E-state index contributed by atoms with van der Waals surface area (Å²) < 4.78 is 27.1. The molecular weight excluding hydrogens is 256 g/mol. The third-order valence-corrected chi connectivity index (χ3v) is 3.22. The van der Waals surface area contributed by atoms with E-state index in [4.69, 9.17) is 4.74 Å². The molecule has 0 aromatic carbocycles. The number of esters is 1. The molecule has 1 aromatic heterocycles. The summed E-state index contributed by atoms with van der Waals surface area (Å²) in [5.74, 6) is -0.517. The van der Waals surface area contributed by atoms with E-state index in [2.05, 4.69) is 9.97 Å². The second-order valence-electron chi connectivity index (χ2n) is 4.54. The van der Waals surface area contributed by atoms with E-state index in [1.54, 1.807) is 19.9 Å². The van der Waals surface area contributed by atoms with Gasteiger partial charge in [0.05, 0.1) is 12.8 Å². The molecule has 1 heterocycles. The van der Waals surface area contributed by atoms with Crippen molar-refractivity contribution < 1.29 is 17.9 Å². The van der Waals surface area contributed by atoms with Crippen molar-refractivity contribution in [1.82, 2.24) is 9.97 Å². The smallest absolute Gasteiger partial charge is 0.317 e. The molecule has 0 aliphatic rings. The van der Waals surface area contributed by atoms with E-state index in [0.717, 1.165) is 6.26 Å². The molecule has 0 aliphatic heterocycles. The van der Waals surface area contributed by atoms with Crippen LogP contribution >= 0.6 is 0 Å². The zero-order valence-electron chi connectivity index (χ0n) is 10.8. The van der Waals surface area contributed by atoms with E-state index in [-0.39, 0.29) is 11.6 Å². The lowest BCUT2D eigenvalue weighted by molar-refractivity contribution is -0.146. The number of hydrogen-bond donors (Lipinski definition) is 0. The number of aromatic nitrogens is 2. The Bertz CT molecular complexity index is 552. The molecule has 0 spiro atoms. The van der Waals surface area contributed by atoms with Crippen LogP contribution in [0, 0.1) is 0 Å². The van der Waals surface area contributed by atoms with Crippen LogP contribution in [0.5, 0.6) is 0 Å². The predicted molar refractivity (Wildman–Crippen MR) is 65.6 cm³/mol. The lowest BCUT2D eigenvalue weighted by atomic mass is 9.89. The minimum Gasteiger partial charge on any atom is -0.468 e. The Kier molecular flexibility index (Phi) is 4.05. The Morgan fingerprint density at radius 3 is 2.56 bits per heavy atom. The monoisotopic (exact) mass is 272 g/mol. The van der Waals surface area contributed by atoms with Gasteiger partial charge in [-0.3, -0.25) is 4.79 Å². The molecule has 1 aromatic rings. The molecule has 0 saturated heterocycles. The molecule has 0 N–H and O–H groups in total. The molecule has 0 bridgehead atoms. The Morgan fingerprint density at radius 2 is 2.06 bits per heavy atom. The fourth-order valence-corrected chi connectivity index (χ4v) is 2.02. The van der Waals surface area contributed by atoms with Gasteiger partial charge >= 0.3 is 5.97 Å². The van der Waals surface area contributed by atoms with Crippen LogP contribution in [0.25, 0.3) is 0 Å². The SMILES string of the molecule is COC(=O)C(C)(C)c1ccnc(CS(C)(=O)=O)n1. The van der Waals surface area contributed by atoms with Crippen molar-refractivity contribution in [3.05, 3.63) is 23.8 Å². The highest BCUT2D eigenvalue weighted by Crippen LogP contribution is 2.22. The first-order valence-electron chi connectivity index (χ1n) is 5.25. The number of ether oxygens (including phenoxy) is 1. The molecular formula is C11H16N2O4S. The summed E-state index contributed by atoms with van der Waals surface area (Å²) in [7, 11) is -1.91. The van der Waals surface area contributed by atoms with Crippen LogP contribution in [0.15, 0.2) is 12.3 Å². The van der Waals surface area contributed by atoms with Crippen molar-refractivity contribution in [1.29, 1.82) is 0 Å². The highest BCUT2D eigenvalue weighted by Gasteiger charge is 2.32. The minimum atomic E-state index is -3.21. The van der Waals surface area contributed by atoms with Gasteiger partial charge in [0.1, 0.15) is 17.0 Å². The van der Waals surface area contributed by atoms with Crippen molar-refractivity contribution >= 4 is 15.8 Å². The summed E-state index contributed by atoms with van der Waals surface area (Å²) in [6.07, 6.45) is 2.54. The zero-order valence-corrected chi connectivity index (χ0v) is 11.6. The third kappa shape index (κ3) is 3.49. The first-order valence-corrected chi connectivity index (χ1v) is 7.31. The Labute approximate surface area is 106 Å². The lowest BCUT2D eigenvalue weighted by Crippen LogP contribution is -2.31. The van der Waals surface area contributed by atoms with Crippen molar-refractivity contribution in [2.45, 2.75) is 25.0 Å². The number of methoxy groups -OCH3 is 1. The van der Waals surface area contributed by atoms with Crippen molar-refractivity contribution in [3.63, 3.8) is 0 Å². The van der Waals surface area contributed by atoms with Gasteiger partial charge in [0.25, 0.3) is 0 Å². The second-order valence-corrected chi connectivity index (χ2v) is 6.68. The van der Waals surface area contributed by atoms with Gasteiger partial charge in [-0.05, 0) is 19.9 Å². The topological polar surface area (TPSA) is 86.2 Å². The maximum Gasteiger partial charge on any atom is 0.317 e. The number of carbonyl (C=O) groups is 1. The van der Waals surface area contributed by atoms with Crippen LogP contribution in [-0.2, 0) is 30.5 Å². The number of hydrogen-bond acceptors (Lipinski definition) is 6. The van der Waals surface area contributed by atoms with Crippen molar-refractivity contribution in [3.8, 4) is 0 Å². The zero-order chi connectivity index (χ0) is 14.0. The van der Waals surface area contributed by atoms with Crippen LogP contribution in [-0.4, -0.2) is 37.7 Å². The fourth-order valence-electron chi connectivity index (χ4n) is 1.41. The lowest BCUT2D eigenvalue weighted by Gasteiger charge is -2.20. The molecule has 0 unspecified atom stereocenters. The summed E-state index contributed by atoms with van der Waals surface area (Å²) >= 11 is 0. The molecule has 6 nitrogen and oxygen atoms in total. The van der Waals surface area contributed by atoms with Crippen molar-refractivity contribution in [2.75, 3.05) is 13.4 Å². The average molecular weight is 272 g/mol. The van der Waals surface area contributed by atoms with E-state index in [1.165, 1.54) is 13.3 Å². The predicted octanol–water partition coefficient (Wildman–Crippen LogP) is 0.472. The summed E-state index contributed by atoms with van der Waals surface area (Å²) in [6.45, 7) is 3.32. The summed E-state index contributed by atoms with van der Waals surface area (Å²) in [6, 6.07) is 1.57. The maximum atomic E-state index is 11.6. The van der Waals surface area contributed by atoms with Gasteiger partial charge in [0.2, 0.25) is 0 Å². The summed E-state index contributed by atoms with van der Waals surface area (Å²) in [5, 5.41) is 0. The van der Waals surface area contributed by atoms with Gasteiger partial charge in [-0.15, -0.1) is 0 Å². The van der Waals surface area contributed by atoms with Gasteiger partial charge in [0, 0.05) is 12.5 Å². The molecule has 7 heteroatoms. The van der Waals surface area contributed by atoms with Crippen LogP contribution in [0.1, 0.15) is 25.4 Å². The van der Waals surface area contributed by atoms with Crippen LogP contribution in [0.3, 0.4) is 0 Å². The van der Waals surface area contributed by atoms with Gasteiger partial charge in [0.15, 0.2) is 9.84 Å². The van der Waals surface area contributed by atoms with Crippen LogP contribution in [0.2, 0.25) is 0 Å².